The van der Waals surface area contributed by atoms with Gasteiger partial charge >= 0.3 is 5.97 Å². The van der Waals surface area contributed by atoms with Crippen LogP contribution in [0.4, 0.5) is 0 Å². The van der Waals surface area contributed by atoms with Gasteiger partial charge in [0.05, 0.1) is 0 Å². The van der Waals surface area contributed by atoms with Crippen molar-refractivity contribution < 1.29 is 14.6 Å². The van der Waals surface area contributed by atoms with Crippen molar-refractivity contribution in [1.82, 2.24) is 0 Å². The monoisotopic (exact) mass is 332 g/mol. The molecule has 1 aromatic rings. The molecule has 0 unspecified atom stereocenters. The van der Waals surface area contributed by atoms with Gasteiger partial charge in [0.2, 0.25) is 0 Å². The van der Waals surface area contributed by atoms with Crippen molar-refractivity contribution >= 4 is 12.0 Å². The van der Waals surface area contributed by atoms with Crippen LogP contribution in [0.1, 0.15) is 75.3 Å². The highest BCUT2D eigenvalue weighted by molar-refractivity contribution is 5.69. The molecule has 0 saturated carbocycles. The largest absolute Gasteiger partial charge is 0.461 e. The lowest BCUT2D eigenvalue weighted by molar-refractivity contribution is -0.145. The molecule has 24 heavy (non-hydrogen) atoms. The number of hydrogen-bond acceptors (Lipinski definition) is 3. The Kier molecular flexibility index (Phi) is 11.7. The second-order valence-corrected chi connectivity index (χ2v) is 6.26. The third kappa shape index (κ3) is 10.2. The lowest BCUT2D eigenvalue weighted by Gasteiger charge is -2.06. The molecular weight excluding hydrogens is 300 g/mol. The topological polar surface area (TPSA) is 46.5 Å². The van der Waals surface area contributed by atoms with Crippen LogP contribution in [0.3, 0.4) is 0 Å². The van der Waals surface area contributed by atoms with Crippen LogP contribution in [0.5, 0.6) is 0 Å². The molecule has 0 fully saturated rings. The molecule has 0 aliphatic heterocycles. The summed E-state index contributed by atoms with van der Waals surface area (Å²) in [7, 11) is 0. The van der Waals surface area contributed by atoms with Gasteiger partial charge in [0, 0.05) is 13.0 Å². The highest BCUT2D eigenvalue weighted by atomic mass is 16.5. The molecule has 1 rings (SSSR count). The van der Waals surface area contributed by atoms with E-state index in [0.29, 0.717) is 19.6 Å². The summed E-state index contributed by atoms with van der Waals surface area (Å²) in [6.45, 7) is 4.38. The van der Waals surface area contributed by atoms with Crippen LogP contribution in [0.15, 0.2) is 30.8 Å². The Hall–Kier alpha value is -1.61. The maximum absolute atomic E-state index is 11.7. The summed E-state index contributed by atoms with van der Waals surface area (Å²) in [5.41, 5.74) is 2.08. The minimum Gasteiger partial charge on any atom is -0.461 e. The van der Waals surface area contributed by atoms with Gasteiger partial charge in [-0.25, -0.2) is 0 Å². The third-order valence-electron chi connectivity index (χ3n) is 4.15. The fraction of sp³-hybridized carbons (Fsp3) is 0.571. The lowest BCUT2D eigenvalue weighted by Crippen LogP contribution is -2.04. The second-order valence-electron chi connectivity index (χ2n) is 6.26. The zero-order chi connectivity index (χ0) is 17.5. The summed E-state index contributed by atoms with van der Waals surface area (Å²) >= 11 is 0. The number of aliphatic hydroxyl groups excluding tert-OH is 1. The SMILES string of the molecule is C=Cc1ccc(COC(=O)CCCCCCCCCCCO)cc1. The Morgan fingerprint density at radius 2 is 1.46 bits per heavy atom. The molecule has 0 aliphatic rings. The molecule has 0 aromatic heterocycles. The number of esters is 1. The van der Waals surface area contributed by atoms with Gasteiger partial charge in [0.1, 0.15) is 6.61 Å². The van der Waals surface area contributed by atoms with E-state index in [2.05, 4.69) is 6.58 Å². The number of carbonyl (C=O) groups is 1. The van der Waals surface area contributed by atoms with Crippen LogP contribution in [-0.2, 0) is 16.1 Å². The van der Waals surface area contributed by atoms with Crippen molar-refractivity contribution in [3.63, 3.8) is 0 Å². The van der Waals surface area contributed by atoms with E-state index >= 15 is 0 Å². The fourth-order valence-corrected chi connectivity index (χ4v) is 2.60. The summed E-state index contributed by atoms with van der Waals surface area (Å²) in [5, 5.41) is 8.69. The van der Waals surface area contributed by atoms with Gasteiger partial charge in [-0.2, -0.15) is 0 Å². The number of benzene rings is 1. The first-order chi connectivity index (χ1) is 11.8. The van der Waals surface area contributed by atoms with Crippen LogP contribution in [-0.4, -0.2) is 17.7 Å². The summed E-state index contributed by atoms with van der Waals surface area (Å²) < 4.78 is 5.30. The van der Waals surface area contributed by atoms with Crippen LogP contribution in [0, 0.1) is 0 Å². The number of carbonyl (C=O) groups excluding carboxylic acids is 1. The van der Waals surface area contributed by atoms with Crippen molar-refractivity contribution in [2.24, 2.45) is 0 Å². The molecule has 3 heteroatoms. The molecule has 0 saturated heterocycles. The van der Waals surface area contributed by atoms with E-state index in [9.17, 15) is 4.79 Å². The fourth-order valence-electron chi connectivity index (χ4n) is 2.60. The van der Waals surface area contributed by atoms with E-state index in [1.165, 1.54) is 32.1 Å². The number of unbranched alkanes of at least 4 members (excludes halogenated alkanes) is 8. The highest BCUT2D eigenvalue weighted by Gasteiger charge is 2.03. The highest BCUT2D eigenvalue weighted by Crippen LogP contribution is 2.11. The standard InChI is InChI=1S/C21H32O3/c1-2-19-13-15-20(16-14-19)18-24-21(23)12-10-8-6-4-3-5-7-9-11-17-22/h2,13-16,22H,1,3-12,17-18H2. The van der Waals surface area contributed by atoms with Crippen LogP contribution >= 0.6 is 0 Å². The Labute approximate surface area is 146 Å². The van der Waals surface area contributed by atoms with Crippen molar-refractivity contribution in [2.45, 2.75) is 70.8 Å². The normalized spacial score (nSPS) is 10.5. The average molecular weight is 332 g/mol. The number of ether oxygens (including phenoxy) is 1. The van der Waals surface area contributed by atoms with Gasteiger partial charge < -0.3 is 9.84 Å². The molecule has 0 atom stereocenters. The molecule has 0 heterocycles. The maximum atomic E-state index is 11.7. The molecule has 0 spiro atoms. The molecular formula is C21H32O3. The average Bonchev–Trinajstić information content (AvgIpc) is 2.62. The minimum atomic E-state index is -0.105. The van der Waals surface area contributed by atoms with Gasteiger partial charge in [-0.1, -0.05) is 81.9 Å². The first-order valence-corrected chi connectivity index (χ1v) is 9.24. The van der Waals surface area contributed by atoms with E-state index < -0.39 is 0 Å². The molecule has 3 nitrogen and oxygen atoms in total. The third-order valence-corrected chi connectivity index (χ3v) is 4.15. The van der Waals surface area contributed by atoms with Gasteiger partial charge in [0.25, 0.3) is 0 Å². The molecule has 0 radical (unpaired) electrons. The Balaban J connectivity index is 1.95. The molecule has 0 amide bonds. The smallest absolute Gasteiger partial charge is 0.306 e. The van der Waals surface area contributed by atoms with Gasteiger partial charge in [-0.15, -0.1) is 0 Å². The predicted molar refractivity (Wildman–Crippen MR) is 99.6 cm³/mol. The van der Waals surface area contributed by atoms with Gasteiger partial charge in [-0.3, -0.25) is 4.79 Å². The summed E-state index contributed by atoms with van der Waals surface area (Å²) in [5.74, 6) is -0.105. The molecule has 1 N–H and O–H groups in total. The Morgan fingerprint density at radius 3 is 2.00 bits per heavy atom. The lowest BCUT2D eigenvalue weighted by atomic mass is 10.1. The minimum absolute atomic E-state index is 0.105. The summed E-state index contributed by atoms with van der Waals surface area (Å²) in [6.07, 6.45) is 12.6. The van der Waals surface area contributed by atoms with Crippen molar-refractivity contribution in [2.75, 3.05) is 6.61 Å². The quantitative estimate of drug-likeness (QED) is 0.373. The van der Waals surface area contributed by atoms with E-state index in [-0.39, 0.29) is 5.97 Å². The number of aliphatic hydroxyl groups is 1. The molecule has 134 valence electrons. The van der Waals surface area contributed by atoms with Crippen molar-refractivity contribution in [3.8, 4) is 0 Å². The Bertz CT molecular complexity index is 451. The van der Waals surface area contributed by atoms with Gasteiger partial charge in [0.15, 0.2) is 0 Å². The zero-order valence-corrected chi connectivity index (χ0v) is 14.8. The van der Waals surface area contributed by atoms with Crippen LogP contribution in [0.2, 0.25) is 0 Å². The van der Waals surface area contributed by atoms with E-state index in [1.54, 1.807) is 6.08 Å². The summed E-state index contributed by atoms with van der Waals surface area (Å²) in [4.78, 5) is 11.7. The van der Waals surface area contributed by atoms with Crippen molar-refractivity contribution in [3.05, 3.63) is 42.0 Å². The zero-order valence-electron chi connectivity index (χ0n) is 14.8. The number of rotatable bonds is 14. The van der Waals surface area contributed by atoms with E-state index in [0.717, 1.165) is 36.8 Å². The Morgan fingerprint density at radius 1 is 0.917 bits per heavy atom. The van der Waals surface area contributed by atoms with Crippen molar-refractivity contribution in [1.29, 1.82) is 0 Å². The maximum Gasteiger partial charge on any atom is 0.306 e. The predicted octanol–water partition coefficient (Wildman–Crippen LogP) is 5.27. The molecule has 0 aliphatic carbocycles. The van der Waals surface area contributed by atoms with Crippen LogP contribution in [0.25, 0.3) is 6.08 Å². The first kappa shape index (κ1) is 20.4. The van der Waals surface area contributed by atoms with Crippen LogP contribution < -0.4 is 0 Å². The molecule has 1 aromatic carbocycles. The van der Waals surface area contributed by atoms with E-state index in [4.69, 9.17) is 9.84 Å². The number of hydrogen-bond donors (Lipinski definition) is 1. The first-order valence-electron chi connectivity index (χ1n) is 9.24. The van der Waals surface area contributed by atoms with Gasteiger partial charge in [-0.05, 0) is 24.0 Å². The summed E-state index contributed by atoms with van der Waals surface area (Å²) in [6, 6.07) is 7.87. The second kappa shape index (κ2) is 13.8. The molecule has 0 bridgehead atoms. The van der Waals surface area contributed by atoms with E-state index in [1.807, 2.05) is 24.3 Å².